The molecule has 0 spiro atoms. The third-order valence-electron chi connectivity index (χ3n) is 3.56. The van der Waals surface area contributed by atoms with Crippen LogP contribution in [0.4, 0.5) is 4.79 Å². The fraction of sp³-hybridized carbons (Fsp3) is 0.600. The first-order valence-corrected chi connectivity index (χ1v) is 6.89. The highest BCUT2D eigenvalue weighted by molar-refractivity contribution is 5.70. The molecule has 0 aliphatic carbocycles. The Morgan fingerprint density at radius 2 is 1.95 bits per heavy atom. The minimum absolute atomic E-state index is 0.347. The number of hydrogen-bond acceptors (Lipinski definition) is 4. The summed E-state index contributed by atoms with van der Waals surface area (Å²) in [5.74, 6) is -0.107. The third-order valence-corrected chi connectivity index (χ3v) is 3.56. The smallest absolute Gasteiger partial charge is 0.403 e. The van der Waals surface area contributed by atoms with Crippen LogP contribution in [0, 0.1) is 6.92 Å². The van der Waals surface area contributed by atoms with Gasteiger partial charge in [0, 0.05) is 26.6 Å². The Morgan fingerprint density at radius 1 is 1.33 bits per heavy atom. The first-order valence-electron chi connectivity index (χ1n) is 6.89. The van der Waals surface area contributed by atoms with E-state index in [4.69, 9.17) is 14.2 Å². The van der Waals surface area contributed by atoms with Gasteiger partial charge in [0.1, 0.15) is 7.05 Å². The SMILES string of the molecule is Cc1c(OC(=O)N(C)C)c2c(c[n+]1C)COC(C)(C)OC2. The lowest BCUT2D eigenvalue weighted by atomic mass is 10.1. The maximum absolute atomic E-state index is 11.9. The lowest BCUT2D eigenvalue weighted by Crippen LogP contribution is -2.35. The number of ether oxygens (including phenoxy) is 3. The fourth-order valence-electron chi connectivity index (χ4n) is 2.07. The quantitative estimate of drug-likeness (QED) is 0.740. The lowest BCUT2D eigenvalue weighted by Gasteiger charge is -2.22. The molecule has 1 aliphatic rings. The van der Waals surface area contributed by atoms with E-state index in [9.17, 15) is 4.79 Å². The summed E-state index contributed by atoms with van der Waals surface area (Å²) >= 11 is 0. The first kappa shape index (κ1) is 15.7. The van der Waals surface area contributed by atoms with Crippen molar-refractivity contribution >= 4 is 6.09 Å². The van der Waals surface area contributed by atoms with Crippen molar-refractivity contribution in [3.63, 3.8) is 0 Å². The van der Waals surface area contributed by atoms with Crippen LogP contribution >= 0.6 is 0 Å². The van der Waals surface area contributed by atoms with E-state index < -0.39 is 11.9 Å². The minimum atomic E-state index is -0.658. The van der Waals surface area contributed by atoms with Gasteiger partial charge in [-0.15, -0.1) is 0 Å². The van der Waals surface area contributed by atoms with E-state index >= 15 is 0 Å². The predicted molar refractivity (Wildman–Crippen MR) is 75.7 cm³/mol. The van der Waals surface area contributed by atoms with Gasteiger partial charge in [0.15, 0.2) is 12.0 Å². The molecule has 1 aromatic heterocycles. The van der Waals surface area contributed by atoms with Crippen LogP contribution in [-0.2, 0) is 29.7 Å². The molecule has 0 unspecified atom stereocenters. The number of aromatic nitrogens is 1. The zero-order valence-electron chi connectivity index (χ0n) is 13.5. The highest BCUT2D eigenvalue weighted by Crippen LogP contribution is 2.31. The summed E-state index contributed by atoms with van der Waals surface area (Å²) in [7, 11) is 5.23. The number of amides is 1. The molecule has 0 aromatic carbocycles. The highest BCUT2D eigenvalue weighted by Gasteiger charge is 2.30. The van der Waals surface area contributed by atoms with Crippen molar-refractivity contribution in [2.24, 2.45) is 7.05 Å². The Hall–Kier alpha value is -1.66. The van der Waals surface area contributed by atoms with E-state index in [1.54, 1.807) is 14.1 Å². The van der Waals surface area contributed by atoms with Crippen LogP contribution < -0.4 is 9.30 Å². The van der Waals surface area contributed by atoms with Crippen LogP contribution in [-0.4, -0.2) is 30.9 Å². The number of fused-ring (bicyclic) bond motifs is 1. The van der Waals surface area contributed by atoms with E-state index in [2.05, 4.69) is 0 Å². The maximum atomic E-state index is 11.9. The number of carbonyl (C=O) groups is 1. The summed E-state index contributed by atoms with van der Waals surface area (Å²) in [5.41, 5.74) is 2.70. The molecule has 2 rings (SSSR count). The normalized spacial score (nSPS) is 16.9. The zero-order valence-corrected chi connectivity index (χ0v) is 13.5. The molecule has 0 bridgehead atoms. The molecule has 0 saturated carbocycles. The number of aryl methyl sites for hydroxylation is 1. The van der Waals surface area contributed by atoms with Gasteiger partial charge < -0.3 is 19.1 Å². The molecule has 0 atom stereocenters. The Morgan fingerprint density at radius 3 is 2.57 bits per heavy atom. The van der Waals surface area contributed by atoms with Gasteiger partial charge in [0.25, 0.3) is 0 Å². The van der Waals surface area contributed by atoms with Gasteiger partial charge in [0.2, 0.25) is 11.4 Å². The van der Waals surface area contributed by atoms with Crippen molar-refractivity contribution in [1.82, 2.24) is 4.90 Å². The van der Waals surface area contributed by atoms with Crippen LogP contribution in [0.3, 0.4) is 0 Å². The van der Waals surface area contributed by atoms with Gasteiger partial charge in [-0.2, -0.15) is 0 Å². The molecule has 6 heteroatoms. The van der Waals surface area contributed by atoms with Crippen LogP contribution in [0.5, 0.6) is 5.75 Å². The molecule has 1 aromatic rings. The van der Waals surface area contributed by atoms with Crippen LogP contribution in [0.15, 0.2) is 6.20 Å². The molecule has 21 heavy (non-hydrogen) atoms. The van der Waals surface area contributed by atoms with E-state index in [0.29, 0.717) is 19.0 Å². The maximum Gasteiger partial charge on any atom is 0.414 e. The largest absolute Gasteiger partial charge is 0.414 e. The van der Waals surface area contributed by atoms with Gasteiger partial charge in [-0.25, -0.2) is 9.36 Å². The number of carbonyl (C=O) groups excluding carboxylic acids is 1. The van der Waals surface area contributed by atoms with E-state index in [1.165, 1.54) is 4.90 Å². The van der Waals surface area contributed by atoms with Crippen LogP contribution in [0.2, 0.25) is 0 Å². The van der Waals surface area contributed by atoms with Crippen molar-refractivity contribution in [2.75, 3.05) is 14.1 Å². The van der Waals surface area contributed by atoms with Crippen LogP contribution in [0.1, 0.15) is 30.7 Å². The second kappa shape index (κ2) is 5.61. The summed E-state index contributed by atoms with van der Waals surface area (Å²) < 4.78 is 19.0. The number of hydrogen-bond donors (Lipinski definition) is 0. The number of pyridine rings is 1. The Labute approximate surface area is 125 Å². The standard InChI is InChI=1S/C15H23N2O4/c1-10-13(21-14(18)16(4)5)12-9-20-15(2,3)19-8-11(12)7-17(10)6/h7H,8-9H2,1-6H3/q+1. The third kappa shape index (κ3) is 3.33. The summed E-state index contributed by atoms with van der Waals surface area (Å²) in [5, 5.41) is 0. The van der Waals surface area contributed by atoms with Crippen LogP contribution in [0.25, 0.3) is 0 Å². The van der Waals surface area contributed by atoms with Gasteiger partial charge >= 0.3 is 6.09 Å². The van der Waals surface area contributed by atoms with E-state index in [1.807, 2.05) is 38.6 Å². The van der Waals surface area contributed by atoms with Crippen molar-refractivity contribution < 1.29 is 23.6 Å². The minimum Gasteiger partial charge on any atom is -0.403 e. The highest BCUT2D eigenvalue weighted by atomic mass is 16.7. The fourth-order valence-corrected chi connectivity index (χ4v) is 2.07. The summed E-state index contributed by atoms with van der Waals surface area (Å²) in [4.78, 5) is 13.3. The zero-order chi connectivity index (χ0) is 15.8. The summed E-state index contributed by atoms with van der Waals surface area (Å²) in [6.07, 6.45) is 1.58. The molecule has 0 saturated heterocycles. The predicted octanol–water partition coefficient (Wildman–Crippen LogP) is 1.66. The second-order valence-corrected chi connectivity index (χ2v) is 5.90. The summed E-state index contributed by atoms with van der Waals surface area (Å²) in [6, 6.07) is 0. The van der Waals surface area contributed by atoms with E-state index in [0.717, 1.165) is 16.8 Å². The second-order valence-electron chi connectivity index (χ2n) is 5.90. The molecule has 2 heterocycles. The summed E-state index contributed by atoms with van der Waals surface area (Å²) in [6.45, 7) is 6.42. The molecule has 1 amide bonds. The molecule has 0 N–H and O–H groups in total. The van der Waals surface area contributed by atoms with Gasteiger partial charge in [-0.05, 0) is 13.8 Å². The topological polar surface area (TPSA) is 51.9 Å². The molecule has 0 fully saturated rings. The first-order chi connectivity index (χ1) is 9.71. The van der Waals surface area contributed by atoms with Gasteiger partial charge in [0.05, 0.1) is 18.8 Å². The monoisotopic (exact) mass is 295 g/mol. The molecule has 0 radical (unpaired) electrons. The van der Waals surface area contributed by atoms with Crippen molar-refractivity contribution in [3.8, 4) is 5.75 Å². The molecule has 1 aliphatic heterocycles. The lowest BCUT2D eigenvalue weighted by molar-refractivity contribution is -0.678. The van der Waals surface area contributed by atoms with Gasteiger partial charge in [-0.1, -0.05) is 0 Å². The van der Waals surface area contributed by atoms with Gasteiger partial charge in [-0.3, -0.25) is 0 Å². The average Bonchev–Trinajstić information content (AvgIpc) is 2.54. The molecule has 6 nitrogen and oxygen atoms in total. The van der Waals surface area contributed by atoms with E-state index in [-0.39, 0.29) is 0 Å². The van der Waals surface area contributed by atoms with Crippen molar-refractivity contribution in [1.29, 1.82) is 0 Å². The molecule has 116 valence electrons. The molecular weight excluding hydrogens is 272 g/mol. The van der Waals surface area contributed by atoms with Crippen molar-refractivity contribution in [3.05, 3.63) is 23.0 Å². The van der Waals surface area contributed by atoms with Crippen molar-refractivity contribution in [2.45, 2.75) is 39.8 Å². The number of rotatable bonds is 1. The Balaban J connectivity index is 2.45. The Bertz CT molecular complexity index is 567. The average molecular weight is 295 g/mol. The molecular formula is C15H23N2O4+. The Kier molecular flexibility index (Phi) is 4.20. The number of nitrogens with zero attached hydrogens (tertiary/aromatic N) is 2.